The van der Waals surface area contributed by atoms with Gasteiger partial charge in [0.15, 0.2) is 0 Å². The van der Waals surface area contributed by atoms with Gasteiger partial charge >= 0.3 is 0 Å². The van der Waals surface area contributed by atoms with E-state index in [0.29, 0.717) is 0 Å². The maximum Gasteiger partial charge on any atom is 0.0768 e. The van der Waals surface area contributed by atoms with Gasteiger partial charge in [0.05, 0.1) is 6.10 Å². The fraction of sp³-hybridized carbons (Fsp3) is 0.250. The summed E-state index contributed by atoms with van der Waals surface area (Å²) in [5.41, 5.74) is 0.883. The SMILES string of the molecule is CC(O)c1cc#ccc1. The van der Waals surface area contributed by atoms with Crippen LogP contribution in [0.25, 0.3) is 0 Å². The Bertz CT molecular complexity index is 167. The van der Waals surface area contributed by atoms with Crippen LogP contribution in [0.15, 0.2) is 18.2 Å². The molecule has 0 amide bonds. The first kappa shape index (κ1) is 6.12. The van der Waals surface area contributed by atoms with Crippen molar-refractivity contribution in [3.8, 4) is 0 Å². The lowest BCUT2D eigenvalue weighted by molar-refractivity contribution is 0.199. The van der Waals surface area contributed by atoms with Crippen molar-refractivity contribution in [3.05, 3.63) is 35.9 Å². The van der Waals surface area contributed by atoms with Gasteiger partial charge in [-0.25, -0.2) is 0 Å². The molecule has 0 saturated heterocycles. The van der Waals surface area contributed by atoms with Crippen molar-refractivity contribution in [2.24, 2.45) is 0 Å². The molecule has 1 aromatic rings. The second-order valence-electron chi connectivity index (χ2n) is 1.94. The maximum atomic E-state index is 8.99. The highest BCUT2D eigenvalue weighted by Gasteiger charge is 1.95. The Morgan fingerprint density at radius 3 is 2.67 bits per heavy atom. The molecule has 1 nitrogen and oxygen atoms in total. The van der Waals surface area contributed by atoms with Gasteiger partial charge < -0.3 is 5.11 Å². The van der Waals surface area contributed by atoms with Crippen LogP contribution in [0.5, 0.6) is 0 Å². The van der Waals surface area contributed by atoms with Gasteiger partial charge in [0, 0.05) is 0 Å². The first-order valence-corrected chi connectivity index (χ1v) is 2.86. The molecule has 0 aliphatic heterocycles. The third-order valence-corrected chi connectivity index (χ3v) is 1.16. The van der Waals surface area contributed by atoms with Gasteiger partial charge in [0.1, 0.15) is 0 Å². The van der Waals surface area contributed by atoms with E-state index in [9.17, 15) is 0 Å². The number of hydrogen-bond donors (Lipinski definition) is 1. The lowest BCUT2D eigenvalue weighted by atomic mass is 10.2. The topological polar surface area (TPSA) is 20.2 Å². The third kappa shape index (κ3) is 1.45. The molecule has 0 radical (unpaired) electrons. The predicted molar refractivity (Wildman–Crippen MR) is 34.7 cm³/mol. The average molecular weight is 120 g/mol. The van der Waals surface area contributed by atoms with Crippen molar-refractivity contribution in [2.75, 3.05) is 0 Å². The van der Waals surface area contributed by atoms with E-state index in [2.05, 4.69) is 12.1 Å². The van der Waals surface area contributed by atoms with Crippen molar-refractivity contribution in [2.45, 2.75) is 13.0 Å². The quantitative estimate of drug-likeness (QED) is 0.593. The highest BCUT2D eigenvalue weighted by Crippen LogP contribution is 2.07. The molecule has 0 saturated carbocycles. The molecule has 0 fully saturated rings. The van der Waals surface area contributed by atoms with Gasteiger partial charge in [-0.2, -0.15) is 0 Å². The Labute approximate surface area is 55.0 Å². The van der Waals surface area contributed by atoms with Crippen molar-refractivity contribution >= 4 is 0 Å². The second-order valence-corrected chi connectivity index (χ2v) is 1.94. The molecular formula is C8H8O. The van der Waals surface area contributed by atoms with Crippen LogP contribution in [0.4, 0.5) is 0 Å². The van der Waals surface area contributed by atoms with E-state index in [1.165, 1.54) is 0 Å². The molecule has 9 heavy (non-hydrogen) atoms. The largest absolute Gasteiger partial charge is 0.389 e. The molecule has 0 aliphatic carbocycles. The monoisotopic (exact) mass is 120 g/mol. The zero-order valence-electron chi connectivity index (χ0n) is 5.26. The van der Waals surface area contributed by atoms with Crippen LogP contribution < -0.4 is 0 Å². The fourth-order valence-corrected chi connectivity index (χ4v) is 0.619. The molecule has 0 aliphatic rings. The van der Waals surface area contributed by atoms with Crippen LogP contribution in [-0.4, -0.2) is 5.11 Å². The highest BCUT2D eigenvalue weighted by atomic mass is 16.3. The smallest absolute Gasteiger partial charge is 0.0768 e. The summed E-state index contributed by atoms with van der Waals surface area (Å²) in [4.78, 5) is 0. The highest BCUT2D eigenvalue weighted by molar-refractivity contribution is 5.11. The summed E-state index contributed by atoms with van der Waals surface area (Å²) >= 11 is 0. The Morgan fingerprint density at radius 2 is 2.33 bits per heavy atom. The molecule has 1 N–H and O–H groups in total. The maximum absolute atomic E-state index is 8.99. The third-order valence-electron chi connectivity index (χ3n) is 1.16. The summed E-state index contributed by atoms with van der Waals surface area (Å²) in [5, 5.41) is 8.99. The van der Waals surface area contributed by atoms with Gasteiger partial charge in [0.25, 0.3) is 0 Å². The Morgan fingerprint density at radius 1 is 1.56 bits per heavy atom. The van der Waals surface area contributed by atoms with Gasteiger partial charge in [0.2, 0.25) is 0 Å². The number of rotatable bonds is 1. The summed E-state index contributed by atoms with van der Waals surface area (Å²) < 4.78 is 0. The summed E-state index contributed by atoms with van der Waals surface area (Å²) in [6.07, 6.45) is -0.393. The average Bonchev–Trinajstić information content (AvgIpc) is 1.90. The van der Waals surface area contributed by atoms with Gasteiger partial charge in [-0.15, -0.1) is 0 Å². The van der Waals surface area contributed by atoms with E-state index in [-0.39, 0.29) is 0 Å². The summed E-state index contributed by atoms with van der Waals surface area (Å²) in [7, 11) is 0. The molecule has 0 bridgehead atoms. The molecule has 1 rings (SSSR count). The first-order valence-electron chi connectivity index (χ1n) is 2.86. The molecule has 1 heteroatoms. The normalized spacial score (nSPS) is 12.2. The standard InChI is InChI=1S/C8H8O/c1-7(9)8-5-3-2-4-6-8/h3,5-7,9H,1H3. The van der Waals surface area contributed by atoms with E-state index in [1.807, 2.05) is 6.07 Å². The van der Waals surface area contributed by atoms with Crippen LogP contribution in [-0.2, 0) is 0 Å². The predicted octanol–water partition coefficient (Wildman–Crippen LogP) is 1.34. The minimum Gasteiger partial charge on any atom is -0.389 e. The zero-order valence-corrected chi connectivity index (χ0v) is 5.26. The molecule has 1 aromatic carbocycles. The van der Waals surface area contributed by atoms with Crippen LogP contribution in [0.1, 0.15) is 18.6 Å². The lowest BCUT2D eigenvalue weighted by Gasteiger charge is -1.98. The molecule has 1 unspecified atom stereocenters. The summed E-state index contributed by atoms with van der Waals surface area (Å²) in [6.45, 7) is 1.73. The molecule has 0 heterocycles. The number of hydrogen-bond acceptors (Lipinski definition) is 1. The van der Waals surface area contributed by atoms with Crippen LogP contribution in [0.3, 0.4) is 0 Å². The number of aliphatic hydroxyl groups excluding tert-OH is 1. The van der Waals surface area contributed by atoms with E-state index in [4.69, 9.17) is 5.11 Å². The first-order chi connectivity index (χ1) is 4.30. The van der Waals surface area contributed by atoms with Crippen molar-refractivity contribution in [1.82, 2.24) is 0 Å². The van der Waals surface area contributed by atoms with Gasteiger partial charge in [-0.05, 0) is 30.7 Å². The van der Waals surface area contributed by atoms with Crippen LogP contribution in [0.2, 0.25) is 0 Å². The van der Waals surface area contributed by atoms with Crippen molar-refractivity contribution < 1.29 is 5.11 Å². The molecule has 0 spiro atoms. The fourth-order valence-electron chi connectivity index (χ4n) is 0.619. The Kier molecular flexibility index (Phi) is 1.72. The van der Waals surface area contributed by atoms with Crippen LogP contribution >= 0.6 is 0 Å². The minimum absolute atomic E-state index is 0.393. The second kappa shape index (κ2) is 2.52. The summed E-state index contributed by atoms with van der Waals surface area (Å²) in [6, 6.07) is 10.8. The Hall–Kier alpha value is -1.00. The van der Waals surface area contributed by atoms with E-state index < -0.39 is 6.10 Å². The number of aliphatic hydroxyl groups is 1. The molecule has 0 aromatic heterocycles. The van der Waals surface area contributed by atoms with E-state index in [0.717, 1.165) is 5.56 Å². The van der Waals surface area contributed by atoms with Crippen molar-refractivity contribution in [1.29, 1.82) is 0 Å². The molecule has 46 valence electrons. The van der Waals surface area contributed by atoms with Crippen LogP contribution in [0, 0.1) is 12.1 Å². The Balaban J connectivity index is 2.85. The molecule has 1 atom stereocenters. The lowest BCUT2D eigenvalue weighted by Crippen LogP contribution is -1.87. The van der Waals surface area contributed by atoms with Gasteiger partial charge in [-0.1, -0.05) is 12.1 Å². The zero-order chi connectivity index (χ0) is 6.69. The van der Waals surface area contributed by atoms with E-state index >= 15 is 0 Å². The summed E-state index contributed by atoms with van der Waals surface area (Å²) in [5.74, 6) is 0. The van der Waals surface area contributed by atoms with Gasteiger partial charge in [-0.3, -0.25) is 0 Å². The van der Waals surface area contributed by atoms with E-state index in [1.54, 1.807) is 19.1 Å². The molecular weight excluding hydrogens is 112 g/mol. The van der Waals surface area contributed by atoms with Crippen molar-refractivity contribution in [3.63, 3.8) is 0 Å². The minimum atomic E-state index is -0.393.